The summed E-state index contributed by atoms with van der Waals surface area (Å²) < 4.78 is 0. The van der Waals surface area contributed by atoms with E-state index in [-0.39, 0.29) is 5.91 Å². The van der Waals surface area contributed by atoms with Gasteiger partial charge in [-0.05, 0) is 54.2 Å². The Balaban J connectivity index is 2.35. The lowest BCUT2D eigenvalue weighted by Crippen LogP contribution is -2.15. The van der Waals surface area contributed by atoms with Crippen LogP contribution in [-0.4, -0.2) is 5.91 Å². The van der Waals surface area contributed by atoms with E-state index >= 15 is 0 Å². The molecular weight excluding hydrogens is 294 g/mol. The van der Waals surface area contributed by atoms with E-state index in [2.05, 4.69) is 44.3 Å². The van der Waals surface area contributed by atoms with E-state index in [9.17, 15) is 4.79 Å². The van der Waals surface area contributed by atoms with Crippen molar-refractivity contribution in [2.24, 2.45) is 0 Å². The van der Waals surface area contributed by atoms with Gasteiger partial charge in [0, 0.05) is 16.3 Å². The number of hydrogen-bond donors (Lipinski definition) is 1. The minimum absolute atomic E-state index is 0.0953. The lowest BCUT2D eigenvalue weighted by molar-refractivity contribution is 0.102. The maximum absolute atomic E-state index is 12.5. The lowest BCUT2D eigenvalue weighted by Gasteiger charge is -2.19. The quantitative estimate of drug-likeness (QED) is 0.757. The molecule has 1 N–H and O–H groups in total. The molecule has 0 saturated heterocycles. The van der Waals surface area contributed by atoms with Crippen molar-refractivity contribution in [2.45, 2.75) is 39.5 Å². The maximum atomic E-state index is 12.5. The summed E-state index contributed by atoms with van der Waals surface area (Å²) in [4.78, 5) is 12.5. The summed E-state index contributed by atoms with van der Waals surface area (Å²) in [7, 11) is 0. The first kappa shape index (κ1) is 16.6. The molecule has 0 heterocycles. The van der Waals surface area contributed by atoms with Gasteiger partial charge in [0.1, 0.15) is 0 Å². The van der Waals surface area contributed by atoms with Crippen LogP contribution in [0, 0.1) is 0 Å². The highest BCUT2D eigenvalue weighted by atomic mass is 35.5. The van der Waals surface area contributed by atoms with Crippen LogP contribution in [-0.2, 0) is 6.42 Å². The van der Waals surface area contributed by atoms with Crippen molar-refractivity contribution in [3.8, 4) is 0 Å². The van der Waals surface area contributed by atoms with E-state index in [1.165, 1.54) is 11.1 Å². The van der Waals surface area contributed by atoms with Gasteiger partial charge in [-0.2, -0.15) is 0 Å². The molecule has 116 valence electrons. The van der Waals surface area contributed by atoms with Crippen LogP contribution in [0.1, 0.15) is 54.6 Å². The van der Waals surface area contributed by atoms with Gasteiger partial charge in [0.2, 0.25) is 0 Å². The smallest absolute Gasteiger partial charge is 0.255 e. The molecule has 0 bridgehead atoms. The SMILES string of the molecule is CCc1cccc(C(C)CC)c1NC(=O)c1ccc(Cl)cc1. The largest absolute Gasteiger partial charge is 0.321 e. The van der Waals surface area contributed by atoms with Crippen LogP contribution in [0.25, 0.3) is 0 Å². The standard InChI is InChI=1S/C19H22ClNO/c1-4-13(3)17-8-6-7-14(5-2)18(17)21-19(22)15-9-11-16(20)12-10-15/h6-13H,4-5H2,1-3H3,(H,21,22). The molecule has 0 aliphatic heterocycles. The Morgan fingerprint density at radius 2 is 1.82 bits per heavy atom. The van der Waals surface area contributed by atoms with Crippen LogP contribution in [0.15, 0.2) is 42.5 Å². The number of nitrogens with one attached hydrogen (secondary N) is 1. The van der Waals surface area contributed by atoms with Crippen LogP contribution < -0.4 is 5.32 Å². The van der Waals surface area contributed by atoms with E-state index in [1.807, 2.05) is 0 Å². The number of para-hydroxylation sites is 1. The van der Waals surface area contributed by atoms with Crippen molar-refractivity contribution in [3.63, 3.8) is 0 Å². The van der Waals surface area contributed by atoms with E-state index in [1.54, 1.807) is 24.3 Å². The number of rotatable bonds is 5. The molecule has 0 aliphatic carbocycles. The van der Waals surface area contributed by atoms with Crippen LogP contribution in [0.2, 0.25) is 5.02 Å². The van der Waals surface area contributed by atoms with Gasteiger partial charge in [0.05, 0.1) is 0 Å². The van der Waals surface area contributed by atoms with Crippen LogP contribution >= 0.6 is 11.6 Å². The number of carbonyl (C=O) groups is 1. The van der Waals surface area contributed by atoms with Crippen molar-refractivity contribution < 1.29 is 4.79 Å². The number of halogens is 1. The number of anilines is 1. The molecule has 2 aromatic carbocycles. The van der Waals surface area contributed by atoms with Gasteiger partial charge in [0.25, 0.3) is 5.91 Å². The number of benzene rings is 2. The molecule has 0 aliphatic rings. The molecular formula is C19H22ClNO. The van der Waals surface area contributed by atoms with Crippen molar-refractivity contribution in [1.82, 2.24) is 0 Å². The molecule has 0 spiro atoms. The number of carbonyl (C=O) groups excluding carboxylic acids is 1. The van der Waals surface area contributed by atoms with Crippen molar-refractivity contribution in [1.29, 1.82) is 0 Å². The molecule has 0 fully saturated rings. The van der Waals surface area contributed by atoms with Gasteiger partial charge < -0.3 is 5.32 Å². The molecule has 3 heteroatoms. The molecule has 0 radical (unpaired) electrons. The topological polar surface area (TPSA) is 29.1 Å². The average molecular weight is 316 g/mol. The Morgan fingerprint density at radius 3 is 2.41 bits per heavy atom. The molecule has 1 atom stereocenters. The molecule has 2 rings (SSSR count). The zero-order valence-corrected chi connectivity index (χ0v) is 14.1. The van der Waals surface area contributed by atoms with E-state index < -0.39 is 0 Å². The Morgan fingerprint density at radius 1 is 1.14 bits per heavy atom. The van der Waals surface area contributed by atoms with E-state index in [0.29, 0.717) is 16.5 Å². The second kappa shape index (κ2) is 7.46. The summed E-state index contributed by atoms with van der Waals surface area (Å²) in [5, 5.41) is 3.73. The van der Waals surface area contributed by atoms with Crippen LogP contribution in [0.5, 0.6) is 0 Å². The third kappa shape index (κ3) is 3.69. The predicted octanol–water partition coefficient (Wildman–Crippen LogP) is 5.67. The summed E-state index contributed by atoms with van der Waals surface area (Å²) in [6, 6.07) is 13.2. The molecule has 1 unspecified atom stereocenters. The minimum atomic E-state index is -0.0953. The monoisotopic (exact) mass is 315 g/mol. The van der Waals surface area contributed by atoms with Crippen molar-refractivity contribution in [2.75, 3.05) is 5.32 Å². The Labute approximate surface area is 137 Å². The van der Waals surface area contributed by atoms with Crippen LogP contribution in [0.3, 0.4) is 0 Å². The van der Waals surface area contributed by atoms with E-state index in [4.69, 9.17) is 11.6 Å². The fourth-order valence-electron chi connectivity index (χ4n) is 2.48. The Bertz CT molecular complexity index is 649. The third-order valence-corrected chi connectivity index (χ3v) is 4.30. The zero-order valence-electron chi connectivity index (χ0n) is 13.3. The molecule has 2 aromatic rings. The summed E-state index contributed by atoms with van der Waals surface area (Å²) in [6.07, 6.45) is 1.93. The van der Waals surface area contributed by atoms with Gasteiger partial charge >= 0.3 is 0 Å². The molecule has 2 nitrogen and oxygen atoms in total. The van der Waals surface area contributed by atoms with Gasteiger partial charge in [-0.3, -0.25) is 4.79 Å². The normalized spacial score (nSPS) is 12.0. The van der Waals surface area contributed by atoms with Crippen molar-refractivity contribution in [3.05, 3.63) is 64.2 Å². The van der Waals surface area contributed by atoms with Gasteiger partial charge in [-0.15, -0.1) is 0 Å². The summed E-state index contributed by atoms with van der Waals surface area (Å²) in [5.41, 5.74) is 3.94. The van der Waals surface area contributed by atoms with Crippen molar-refractivity contribution >= 4 is 23.2 Å². The average Bonchev–Trinajstić information content (AvgIpc) is 2.54. The molecule has 0 saturated carbocycles. The first-order valence-corrected chi connectivity index (χ1v) is 8.13. The summed E-state index contributed by atoms with van der Waals surface area (Å²) >= 11 is 5.88. The third-order valence-electron chi connectivity index (χ3n) is 4.05. The Kier molecular flexibility index (Phi) is 5.62. The van der Waals surface area contributed by atoms with Gasteiger partial charge in [0.15, 0.2) is 0 Å². The minimum Gasteiger partial charge on any atom is -0.321 e. The Hall–Kier alpha value is -1.80. The zero-order chi connectivity index (χ0) is 16.1. The highest BCUT2D eigenvalue weighted by Crippen LogP contribution is 2.30. The first-order chi connectivity index (χ1) is 10.6. The highest BCUT2D eigenvalue weighted by molar-refractivity contribution is 6.30. The second-order valence-electron chi connectivity index (χ2n) is 5.51. The molecule has 22 heavy (non-hydrogen) atoms. The van der Waals surface area contributed by atoms with Gasteiger partial charge in [-0.25, -0.2) is 0 Å². The van der Waals surface area contributed by atoms with Crippen LogP contribution in [0.4, 0.5) is 5.69 Å². The number of hydrogen-bond acceptors (Lipinski definition) is 1. The molecule has 1 amide bonds. The highest BCUT2D eigenvalue weighted by Gasteiger charge is 2.15. The van der Waals surface area contributed by atoms with E-state index in [0.717, 1.165) is 18.5 Å². The number of amides is 1. The fourth-order valence-corrected chi connectivity index (χ4v) is 2.61. The first-order valence-electron chi connectivity index (χ1n) is 7.75. The number of aryl methyl sites for hydroxylation is 1. The van der Waals surface area contributed by atoms with Gasteiger partial charge in [-0.1, -0.05) is 50.6 Å². The summed E-state index contributed by atoms with van der Waals surface area (Å²) in [6.45, 7) is 6.45. The predicted molar refractivity (Wildman–Crippen MR) is 93.9 cm³/mol. The molecule has 0 aromatic heterocycles. The second-order valence-corrected chi connectivity index (χ2v) is 5.94. The summed E-state index contributed by atoms with van der Waals surface area (Å²) in [5.74, 6) is 0.314. The lowest BCUT2D eigenvalue weighted by atomic mass is 9.93. The fraction of sp³-hybridized carbons (Fsp3) is 0.316. The maximum Gasteiger partial charge on any atom is 0.255 e.